The largest absolute Gasteiger partial charge is 0.467 e. The van der Waals surface area contributed by atoms with Gasteiger partial charge in [-0.25, -0.2) is 9.18 Å². The average Bonchev–Trinajstić information content (AvgIpc) is 2.28. The molecule has 0 saturated carbocycles. The topological polar surface area (TPSA) is 29.5 Å². The molecule has 2 rings (SSSR count). The van der Waals surface area contributed by atoms with Crippen molar-refractivity contribution in [3.63, 3.8) is 0 Å². The number of halogens is 1. The second-order valence-corrected chi connectivity index (χ2v) is 3.94. The molecule has 0 bridgehead atoms. The highest BCUT2D eigenvalue weighted by atomic mass is 19.1. The first-order valence-electron chi connectivity index (χ1n) is 5.23. The Kier molecular flexibility index (Phi) is 2.81. The summed E-state index contributed by atoms with van der Waals surface area (Å²) >= 11 is 0. The monoisotopic (exact) mass is 223 g/mol. The molecule has 1 aliphatic heterocycles. The van der Waals surface area contributed by atoms with Crippen LogP contribution in [0.3, 0.4) is 0 Å². The molecule has 0 spiro atoms. The summed E-state index contributed by atoms with van der Waals surface area (Å²) in [5.41, 5.74) is 1.46. The Balaban J connectivity index is 2.38. The number of esters is 1. The number of para-hydroxylation sites is 1. The SMILES string of the molecule is COC(=O)C1CCc2cccc(F)c2N1C. The van der Waals surface area contributed by atoms with Crippen LogP contribution in [-0.4, -0.2) is 26.2 Å². The van der Waals surface area contributed by atoms with E-state index in [9.17, 15) is 9.18 Å². The number of aryl methyl sites for hydroxylation is 1. The number of methoxy groups -OCH3 is 1. The van der Waals surface area contributed by atoms with Crippen LogP contribution in [0.2, 0.25) is 0 Å². The van der Waals surface area contributed by atoms with Crippen LogP contribution in [0.25, 0.3) is 0 Å². The van der Waals surface area contributed by atoms with Crippen LogP contribution < -0.4 is 4.90 Å². The van der Waals surface area contributed by atoms with Crippen LogP contribution in [-0.2, 0) is 16.0 Å². The molecular formula is C12H14FNO2. The highest BCUT2D eigenvalue weighted by molar-refractivity contribution is 5.81. The number of nitrogens with zero attached hydrogens (tertiary/aromatic N) is 1. The summed E-state index contributed by atoms with van der Waals surface area (Å²) in [4.78, 5) is 13.2. The van der Waals surface area contributed by atoms with Gasteiger partial charge in [-0.05, 0) is 24.5 Å². The smallest absolute Gasteiger partial charge is 0.328 e. The highest BCUT2D eigenvalue weighted by Gasteiger charge is 2.31. The van der Waals surface area contributed by atoms with E-state index in [1.807, 2.05) is 6.07 Å². The maximum absolute atomic E-state index is 13.7. The molecule has 0 N–H and O–H groups in total. The van der Waals surface area contributed by atoms with E-state index in [1.165, 1.54) is 13.2 Å². The molecule has 0 aromatic heterocycles. The van der Waals surface area contributed by atoms with Crippen molar-refractivity contribution in [1.29, 1.82) is 0 Å². The molecule has 1 aromatic carbocycles. The van der Waals surface area contributed by atoms with Gasteiger partial charge in [0, 0.05) is 7.05 Å². The number of rotatable bonds is 1. The zero-order chi connectivity index (χ0) is 11.7. The fraction of sp³-hybridized carbons (Fsp3) is 0.417. The van der Waals surface area contributed by atoms with Gasteiger partial charge in [-0.1, -0.05) is 12.1 Å². The number of hydrogen-bond donors (Lipinski definition) is 0. The molecule has 1 atom stereocenters. The van der Waals surface area contributed by atoms with E-state index in [0.717, 1.165) is 5.56 Å². The number of anilines is 1. The first kappa shape index (κ1) is 10.9. The van der Waals surface area contributed by atoms with E-state index in [1.54, 1.807) is 18.0 Å². The van der Waals surface area contributed by atoms with Gasteiger partial charge in [-0.3, -0.25) is 0 Å². The summed E-state index contributed by atoms with van der Waals surface area (Å²) in [5.74, 6) is -0.593. The van der Waals surface area contributed by atoms with Crippen LogP contribution in [0.15, 0.2) is 18.2 Å². The molecule has 0 radical (unpaired) electrons. The van der Waals surface area contributed by atoms with Crippen molar-refractivity contribution in [3.05, 3.63) is 29.6 Å². The Morgan fingerprint density at radius 3 is 3.00 bits per heavy atom. The zero-order valence-corrected chi connectivity index (χ0v) is 9.37. The average molecular weight is 223 g/mol. The third-order valence-corrected chi connectivity index (χ3v) is 3.05. The maximum atomic E-state index is 13.7. The van der Waals surface area contributed by atoms with Crippen LogP contribution >= 0.6 is 0 Å². The van der Waals surface area contributed by atoms with Crippen LogP contribution in [0.4, 0.5) is 10.1 Å². The summed E-state index contributed by atoms with van der Waals surface area (Å²) in [6.07, 6.45) is 1.37. The van der Waals surface area contributed by atoms with Gasteiger partial charge >= 0.3 is 5.97 Å². The van der Waals surface area contributed by atoms with Crippen LogP contribution in [0.5, 0.6) is 0 Å². The maximum Gasteiger partial charge on any atom is 0.328 e. The lowest BCUT2D eigenvalue weighted by Crippen LogP contribution is -2.43. The highest BCUT2D eigenvalue weighted by Crippen LogP contribution is 2.32. The number of hydrogen-bond acceptors (Lipinski definition) is 3. The minimum Gasteiger partial charge on any atom is -0.467 e. The van der Waals surface area contributed by atoms with Crippen LogP contribution in [0.1, 0.15) is 12.0 Å². The molecule has 1 heterocycles. The molecule has 0 amide bonds. The fourth-order valence-electron chi connectivity index (χ4n) is 2.21. The van der Waals surface area contributed by atoms with Crippen molar-refractivity contribution in [3.8, 4) is 0 Å². The van der Waals surface area contributed by atoms with E-state index in [0.29, 0.717) is 18.5 Å². The van der Waals surface area contributed by atoms with Gasteiger partial charge in [-0.15, -0.1) is 0 Å². The first-order valence-corrected chi connectivity index (χ1v) is 5.23. The van der Waals surface area contributed by atoms with Gasteiger partial charge in [-0.2, -0.15) is 0 Å². The number of benzene rings is 1. The van der Waals surface area contributed by atoms with E-state index < -0.39 is 0 Å². The minimum atomic E-state index is -0.380. The third kappa shape index (κ3) is 1.64. The van der Waals surface area contributed by atoms with E-state index in [-0.39, 0.29) is 17.8 Å². The van der Waals surface area contributed by atoms with Gasteiger partial charge < -0.3 is 9.64 Å². The summed E-state index contributed by atoms with van der Waals surface area (Å²) in [6.45, 7) is 0. The molecule has 1 unspecified atom stereocenters. The van der Waals surface area contributed by atoms with Crippen molar-refractivity contribution < 1.29 is 13.9 Å². The predicted molar refractivity (Wildman–Crippen MR) is 58.9 cm³/mol. The van der Waals surface area contributed by atoms with E-state index >= 15 is 0 Å². The van der Waals surface area contributed by atoms with Crippen molar-refractivity contribution in [1.82, 2.24) is 0 Å². The van der Waals surface area contributed by atoms with Gasteiger partial charge in [0.25, 0.3) is 0 Å². The standard InChI is InChI=1S/C12H14FNO2/c1-14-10(12(15)16-2)7-6-8-4-3-5-9(13)11(8)14/h3-5,10H,6-7H2,1-2H3. The molecule has 86 valence electrons. The zero-order valence-electron chi connectivity index (χ0n) is 9.37. The fourth-order valence-corrected chi connectivity index (χ4v) is 2.21. The second kappa shape index (κ2) is 4.12. The van der Waals surface area contributed by atoms with Gasteiger partial charge in [0.1, 0.15) is 11.9 Å². The van der Waals surface area contributed by atoms with Crippen molar-refractivity contribution in [2.45, 2.75) is 18.9 Å². The summed E-state index contributed by atoms with van der Waals surface area (Å²) in [7, 11) is 3.08. The molecule has 1 aliphatic rings. The number of fused-ring (bicyclic) bond motifs is 1. The first-order chi connectivity index (χ1) is 7.65. The van der Waals surface area contributed by atoms with Gasteiger partial charge in [0.2, 0.25) is 0 Å². The molecule has 0 fully saturated rings. The number of carbonyl (C=O) groups excluding carboxylic acids is 1. The molecule has 0 aliphatic carbocycles. The lowest BCUT2D eigenvalue weighted by molar-refractivity contribution is -0.142. The number of carbonyl (C=O) groups is 1. The summed E-state index contributed by atoms with van der Waals surface area (Å²) in [5, 5.41) is 0. The summed E-state index contributed by atoms with van der Waals surface area (Å²) < 4.78 is 18.4. The Hall–Kier alpha value is -1.58. The third-order valence-electron chi connectivity index (χ3n) is 3.05. The molecule has 0 saturated heterocycles. The number of likely N-dealkylation sites (N-methyl/N-ethyl adjacent to an activating group) is 1. The van der Waals surface area contributed by atoms with Gasteiger partial charge in [0.05, 0.1) is 12.8 Å². The molecule has 16 heavy (non-hydrogen) atoms. The molecule has 4 heteroatoms. The lowest BCUT2D eigenvalue weighted by Gasteiger charge is -2.34. The predicted octanol–water partition coefficient (Wildman–Crippen LogP) is 1.75. The minimum absolute atomic E-state index is 0.284. The van der Waals surface area contributed by atoms with Gasteiger partial charge in [0.15, 0.2) is 0 Å². The molecule has 1 aromatic rings. The number of ether oxygens (including phenoxy) is 1. The lowest BCUT2D eigenvalue weighted by atomic mass is 9.96. The summed E-state index contributed by atoms with van der Waals surface area (Å²) in [6, 6.07) is 4.62. The molecule has 3 nitrogen and oxygen atoms in total. The Morgan fingerprint density at radius 1 is 1.56 bits per heavy atom. The van der Waals surface area contributed by atoms with E-state index in [4.69, 9.17) is 4.74 Å². The Labute approximate surface area is 93.8 Å². The van der Waals surface area contributed by atoms with Crippen molar-refractivity contribution >= 4 is 11.7 Å². The van der Waals surface area contributed by atoms with Crippen LogP contribution in [0, 0.1) is 5.82 Å². The molecular weight excluding hydrogens is 209 g/mol. The normalized spacial score (nSPS) is 19.2. The van der Waals surface area contributed by atoms with E-state index in [2.05, 4.69) is 0 Å². The van der Waals surface area contributed by atoms with Crippen molar-refractivity contribution in [2.24, 2.45) is 0 Å². The second-order valence-electron chi connectivity index (χ2n) is 3.94. The van der Waals surface area contributed by atoms with Crippen molar-refractivity contribution in [2.75, 3.05) is 19.1 Å². The Morgan fingerprint density at radius 2 is 2.31 bits per heavy atom. The quantitative estimate of drug-likeness (QED) is 0.679. The Bertz CT molecular complexity index is 419.